The lowest BCUT2D eigenvalue weighted by atomic mass is 9.81. The second kappa shape index (κ2) is 9.60. The quantitative estimate of drug-likeness (QED) is 0.565. The summed E-state index contributed by atoms with van der Waals surface area (Å²) in [5, 5.41) is 3.15. The number of carbonyl (C=O) groups excluding carboxylic acids is 3. The first kappa shape index (κ1) is 24.9. The lowest BCUT2D eigenvalue weighted by Gasteiger charge is -2.39. The summed E-state index contributed by atoms with van der Waals surface area (Å²) in [7, 11) is 0. The van der Waals surface area contributed by atoms with Gasteiger partial charge in [-0.1, -0.05) is 55.3 Å². The third kappa shape index (κ3) is 5.21. The number of rotatable bonds is 6. The molecular formula is C26H24F4N4O3. The molecule has 37 heavy (non-hydrogen) atoms. The molecule has 2 fully saturated rings. The van der Waals surface area contributed by atoms with Gasteiger partial charge >= 0.3 is 6.18 Å². The molecule has 2 aromatic carbocycles. The third-order valence-electron chi connectivity index (χ3n) is 6.93. The van der Waals surface area contributed by atoms with Crippen molar-refractivity contribution in [1.29, 1.82) is 0 Å². The summed E-state index contributed by atoms with van der Waals surface area (Å²) >= 11 is 0. The van der Waals surface area contributed by atoms with E-state index in [1.807, 2.05) is 0 Å². The first-order valence-electron chi connectivity index (χ1n) is 12.1. The highest BCUT2D eigenvalue weighted by molar-refractivity contribution is 6.20. The number of alkyl halides is 3. The molecule has 7 nitrogen and oxygen atoms in total. The number of hydrogen-bond donors (Lipinski definition) is 2. The van der Waals surface area contributed by atoms with Crippen LogP contribution in [0.2, 0.25) is 0 Å². The number of hydrazine groups is 1. The first-order valence-corrected chi connectivity index (χ1v) is 12.1. The minimum Gasteiger partial charge on any atom is -0.319 e. The van der Waals surface area contributed by atoms with Crippen LogP contribution in [-0.2, 0) is 14.4 Å². The summed E-state index contributed by atoms with van der Waals surface area (Å²) in [5.74, 6) is -5.09. The molecular weight excluding hydrogens is 492 g/mol. The molecule has 2 N–H and O–H groups in total. The Hall–Kier alpha value is -3.76. The van der Waals surface area contributed by atoms with E-state index in [-0.39, 0.29) is 22.9 Å². The Bertz CT molecular complexity index is 1260. The van der Waals surface area contributed by atoms with Crippen LogP contribution in [0.3, 0.4) is 0 Å². The fraction of sp³-hybridized carbons (Fsp3) is 0.385. The summed E-state index contributed by atoms with van der Waals surface area (Å²) in [4.78, 5) is 44.3. The maximum Gasteiger partial charge on any atom is 0.389 e. The molecule has 1 saturated carbocycles. The van der Waals surface area contributed by atoms with Crippen LogP contribution in [0.4, 0.5) is 23.2 Å². The minimum atomic E-state index is -4.51. The van der Waals surface area contributed by atoms with Gasteiger partial charge in [0.2, 0.25) is 18.0 Å². The Morgan fingerprint density at radius 1 is 0.946 bits per heavy atom. The SMILES string of the molecule is O=C1NN([C@H]2N=C(c3ccccc3)c3cccc(F)c3NC2=O)C(=O)[C@H](CCC(F)(F)F)[C@@H]1CC1CC1. The molecule has 2 aromatic rings. The molecule has 194 valence electrons. The van der Waals surface area contributed by atoms with Crippen molar-refractivity contribution in [3.8, 4) is 0 Å². The molecule has 11 heteroatoms. The summed E-state index contributed by atoms with van der Waals surface area (Å²) < 4.78 is 54.0. The van der Waals surface area contributed by atoms with Gasteiger partial charge in [-0.3, -0.25) is 19.8 Å². The number of fused-ring (bicyclic) bond motifs is 1. The summed E-state index contributed by atoms with van der Waals surface area (Å²) in [6.07, 6.45) is -5.98. The van der Waals surface area contributed by atoms with Crippen LogP contribution < -0.4 is 10.7 Å². The predicted octanol–water partition coefficient (Wildman–Crippen LogP) is 4.19. The molecule has 1 aliphatic carbocycles. The number of benzodiazepines with no additional fused rings is 1. The van der Waals surface area contributed by atoms with Crippen molar-refractivity contribution in [1.82, 2.24) is 10.4 Å². The third-order valence-corrected chi connectivity index (χ3v) is 6.93. The van der Waals surface area contributed by atoms with Crippen LogP contribution in [0.5, 0.6) is 0 Å². The zero-order valence-corrected chi connectivity index (χ0v) is 19.6. The maximum absolute atomic E-state index is 14.7. The zero-order valence-electron chi connectivity index (χ0n) is 19.6. The smallest absolute Gasteiger partial charge is 0.319 e. The summed E-state index contributed by atoms with van der Waals surface area (Å²) in [5.41, 5.74) is 3.24. The van der Waals surface area contributed by atoms with Crippen molar-refractivity contribution in [2.75, 3.05) is 5.32 Å². The number of nitrogens with zero attached hydrogens (tertiary/aromatic N) is 2. The average Bonchev–Trinajstić information content (AvgIpc) is 3.68. The zero-order chi connectivity index (χ0) is 26.3. The average molecular weight is 516 g/mol. The van der Waals surface area contributed by atoms with E-state index < -0.39 is 60.6 Å². The molecule has 0 bridgehead atoms. The molecule has 0 aromatic heterocycles. The first-order chi connectivity index (χ1) is 17.6. The Balaban J connectivity index is 1.54. The van der Waals surface area contributed by atoms with Gasteiger partial charge in [-0.25, -0.2) is 14.4 Å². The van der Waals surface area contributed by atoms with Crippen LogP contribution >= 0.6 is 0 Å². The van der Waals surface area contributed by atoms with E-state index in [1.54, 1.807) is 36.4 Å². The molecule has 5 rings (SSSR count). The Kier molecular flexibility index (Phi) is 6.47. The van der Waals surface area contributed by atoms with Crippen LogP contribution in [-0.4, -0.2) is 40.8 Å². The van der Waals surface area contributed by atoms with Crippen LogP contribution in [0.25, 0.3) is 0 Å². The number of para-hydroxylation sites is 1. The van der Waals surface area contributed by atoms with Gasteiger partial charge in [0.1, 0.15) is 5.82 Å². The highest BCUT2D eigenvalue weighted by atomic mass is 19.4. The van der Waals surface area contributed by atoms with Crippen molar-refractivity contribution >= 4 is 29.1 Å². The monoisotopic (exact) mass is 516 g/mol. The van der Waals surface area contributed by atoms with E-state index in [0.717, 1.165) is 18.9 Å². The van der Waals surface area contributed by atoms with E-state index in [1.165, 1.54) is 6.07 Å². The lowest BCUT2D eigenvalue weighted by molar-refractivity contribution is -0.167. The summed E-state index contributed by atoms with van der Waals surface area (Å²) in [6, 6.07) is 12.7. The highest BCUT2D eigenvalue weighted by Crippen LogP contribution is 2.41. The number of hydrogen-bond acceptors (Lipinski definition) is 4. The van der Waals surface area contributed by atoms with Crippen molar-refractivity contribution < 1.29 is 31.9 Å². The van der Waals surface area contributed by atoms with Gasteiger partial charge in [-0.15, -0.1) is 0 Å². The fourth-order valence-electron chi connectivity index (χ4n) is 4.89. The highest BCUT2D eigenvalue weighted by Gasteiger charge is 2.49. The van der Waals surface area contributed by atoms with Gasteiger partial charge in [-0.2, -0.15) is 13.2 Å². The molecule has 1 saturated heterocycles. The van der Waals surface area contributed by atoms with E-state index in [2.05, 4.69) is 15.7 Å². The molecule has 0 unspecified atom stereocenters. The Morgan fingerprint density at radius 3 is 2.35 bits per heavy atom. The van der Waals surface area contributed by atoms with E-state index in [9.17, 15) is 31.9 Å². The lowest BCUT2D eigenvalue weighted by Crippen LogP contribution is -2.63. The second-order valence-electron chi connectivity index (χ2n) is 9.60. The predicted molar refractivity (Wildman–Crippen MR) is 125 cm³/mol. The number of carbonyl (C=O) groups is 3. The molecule has 3 amide bonds. The second-order valence-corrected chi connectivity index (χ2v) is 9.60. The maximum atomic E-state index is 14.7. The Morgan fingerprint density at radius 2 is 1.68 bits per heavy atom. The van der Waals surface area contributed by atoms with Crippen LogP contribution in [0.15, 0.2) is 53.5 Å². The van der Waals surface area contributed by atoms with Crippen LogP contribution in [0.1, 0.15) is 43.2 Å². The van der Waals surface area contributed by atoms with Gasteiger partial charge in [0.05, 0.1) is 23.2 Å². The molecule has 0 spiro atoms. The molecule has 2 heterocycles. The van der Waals surface area contributed by atoms with E-state index in [4.69, 9.17) is 0 Å². The van der Waals surface area contributed by atoms with Gasteiger partial charge in [-0.05, 0) is 24.8 Å². The molecule has 3 aliphatic rings. The largest absolute Gasteiger partial charge is 0.389 e. The number of anilines is 1. The fourth-order valence-corrected chi connectivity index (χ4v) is 4.89. The van der Waals surface area contributed by atoms with Crippen molar-refractivity contribution in [3.63, 3.8) is 0 Å². The van der Waals surface area contributed by atoms with Gasteiger partial charge < -0.3 is 5.32 Å². The van der Waals surface area contributed by atoms with Crippen molar-refractivity contribution in [2.24, 2.45) is 22.7 Å². The van der Waals surface area contributed by atoms with Gasteiger partial charge in [0.15, 0.2) is 0 Å². The topological polar surface area (TPSA) is 90.9 Å². The van der Waals surface area contributed by atoms with E-state index >= 15 is 0 Å². The number of benzene rings is 2. The standard InChI is InChI=1S/C26H24F4N4O3/c27-19-8-4-7-17-20(15-5-2-1-3-6-15)31-22(24(36)32-21(17)19)34-25(37)16(11-12-26(28,29)30)18(23(35)33-34)13-14-9-10-14/h1-8,14,16,18,22H,9-13H2,(H,32,36)(H,33,35)/t16-,18+,22-/m1/s1. The molecule has 3 atom stereocenters. The number of amides is 3. The minimum absolute atomic E-state index is 0.145. The van der Waals surface area contributed by atoms with Crippen molar-refractivity contribution in [2.45, 2.75) is 44.4 Å². The Labute approximate surface area is 209 Å². The molecule has 2 aliphatic heterocycles. The number of nitrogens with one attached hydrogen (secondary N) is 2. The van der Waals surface area contributed by atoms with E-state index in [0.29, 0.717) is 17.0 Å². The van der Waals surface area contributed by atoms with Crippen molar-refractivity contribution in [3.05, 3.63) is 65.5 Å². The summed E-state index contributed by atoms with van der Waals surface area (Å²) in [6.45, 7) is 0. The van der Waals surface area contributed by atoms with Gasteiger partial charge in [0.25, 0.3) is 5.91 Å². The normalized spacial score (nSPS) is 24.1. The number of halogens is 4. The molecule has 0 radical (unpaired) electrons. The number of aliphatic imine (C=N–C) groups is 1. The van der Waals surface area contributed by atoms with Gasteiger partial charge in [0, 0.05) is 17.5 Å². The van der Waals surface area contributed by atoms with Crippen LogP contribution in [0, 0.1) is 23.6 Å².